The summed E-state index contributed by atoms with van der Waals surface area (Å²) in [5.41, 5.74) is 5.53. The van der Waals surface area contributed by atoms with Gasteiger partial charge in [-0.25, -0.2) is 4.79 Å². The van der Waals surface area contributed by atoms with Crippen LogP contribution in [0.15, 0.2) is 5.11 Å². The smallest absolute Gasteiger partial charge is 0.338 e. The predicted molar refractivity (Wildman–Crippen MR) is 48.2 cm³/mol. The average molecular weight is 233 g/mol. The molecule has 0 radical (unpaired) electrons. The fourth-order valence-corrected chi connectivity index (χ4v) is 1.66. The molecular formula is C7H11N3O6. The van der Waals surface area contributed by atoms with Gasteiger partial charge in [-0.3, -0.25) is 0 Å². The quantitative estimate of drug-likeness (QED) is 0.209. The van der Waals surface area contributed by atoms with Crippen LogP contribution in [-0.4, -0.2) is 61.5 Å². The molecule has 0 aliphatic heterocycles. The van der Waals surface area contributed by atoms with Crippen LogP contribution in [0.2, 0.25) is 0 Å². The predicted octanol–water partition coefficient (Wildman–Crippen LogP) is -2.03. The van der Waals surface area contributed by atoms with E-state index in [0.29, 0.717) is 0 Å². The third kappa shape index (κ3) is 1.82. The van der Waals surface area contributed by atoms with Gasteiger partial charge in [-0.2, -0.15) is 0 Å². The average Bonchev–Trinajstić information content (AvgIpc) is 2.21. The number of aliphatic carboxylic acids is 1. The van der Waals surface area contributed by atoms with Crippen molar-refractivity contribution in [2.24, 2.45) is 5.11 Å². The Bertz CT molecular complexity index is 343. The number of carboxylic acid groups (broad SMARTS) is 1. The number of hydrogen-bond donors (Lipinski definition) is 5. The normalized spacial score (nSPS) is 43.5. The first-order valence-electron chi connectivity index (χ1n) is 4.38. The summed E-state index contributed by atoms with van der Waals surface area (Å²) in [6.45, 7) is 0. The van der Waals surface area contributed by atoms with Crippen molar-refractivity contribution in [1.82, 2.24) is 0 Å². The van der Waals surface area contributed by atoms with Crippen molar-refractivity contribution in [2.75, 3.05) is 0 Å². The Hall–Kier alpha value is -1.38. The molecule has 9 heteroatoms. The van der Waals surface area contributed by atoms with Gasteiger partial charge in [0.05, 0.1) is 18.2 Å². The summed E-state index contributed by atoms with van der Waals surface area (Å²) in [4.78, 5) is 13.1. The van der Waals surface area contributed by atoms with Crippen LogP contribution in [0, 0.1) is 0 Å². The molecule has 5 N–H and O–H groups in total. The van der Waals surface area contributed by atoms with Crippen LogP contribution in [0.25, 0.3) is 10.4 Å². The van der Waals surface area contributed by atoms with Crippen LogP contribution in [0.3, 0.4) is 0 Å². The summed E-state index contributed by atoms with van der Waals surface area (Å²) < 4.78 is 0. The van der Waals surface area contributed by atoms with E-state index in [9.17, 15) is 25.2 Å². The molecule has 0 aromatic carbocycles. The van der Waals surface area contributed by atoms with Crippen LogP contribution in [0.4, 0.5) is 0 Å². The number of rotatable bonds is 2. The van der Waals surface area contributed by atoms with Gasteiger partial charge in [0.2, 0.25) is 0 Å². The first kappa shape index (κ1) is 12.7. The zero-order valence-corrected chi connectivity index (χ0v) is 8.00. The summed E-state index contributed by atoms with van der Waals surface area (Å²) >= 11 is 0. The van der Waals surface area contributed by atoms with Crippen molar-refractivity contribution in [3.05, 3.63) is 10.4 Å². The van der Waals surface area contributed by atoms with E-state index in [1.54, 1.807) is 0 Å². The van der Waals surface area contributed by atoms with Gasteiger partial charge in [-0.05, 0) is 5.53 Å². The molecule has 1 fully saturated rings. The monoisotopic (exact) mass is 233 g/mol. The van der Waals surface area contributed by atoms with E-state index in [0.717, 1.165) is 0 Å². The molecule has 0 spiro atoms. The lowest BCUT2D eigenvalue weighted by Gasteiger charge is -2.41. The summed E-state index contributed by atoms with van der Waals surface area (Å²) in [5, 5.41) is 49.5. The minimum absolute atomic E-state index is 0.748. The van der Waals surface area contributed by atoms with Gasteiger partial charge < -0.3 is 25.5 Å². The topological polar surface area (TPSA) is 167 Å². The van der Waals surface area contributed by atoms with Gasteiger partial charge in [-0.1, -0.05) is 5.11 Å². The van der Waals surface area contributed by atoms with Gasteiger partial charge in [0, 0.05) is 11.3 Å². The lowest BCUT2D eigenvalue weighted by Crippen LogP contribution is -2.65. The number of nitrogens with zero attached hydrogens (tertiary/aromatic N) is 3. The lowest BCUT2D eigenvalue weighted by atomic mass is 9.76. The number of hydrogen-bond acceptors (Lipinski definition) is 6. The van der Waals surface area contributed by atoms with Crippen molar-refractivity contribution in [3.8, 4) is 0 Å². The molecule has 0 heterocycles. The highest BCUT2D eigenvalue weighted by Crippen LogP contribution is 2.31. The number of carbonyl (C=O) groups is 1. The molecule has 16 heavy (non-hydrogen) atoms. The molecule has 9 nitrogen and oxygen atoms in total. The number of aliphatic hydroxyl groups excluding tert-OH is 3. The number of azide groups is 1. The number of carboxylic acids is 1. The molecular weight excluding hydrogens is 222 g/mol. The largest absolute Gasteiger partial charge is 0.479 e. The second-order valence-corrected chi connectivity index (χ2v) is 3.63. The van der Waals surface area contributed by atoms with Crippen LogP contribution in [0.1, 0.15) is 6.42 Å². The highest BCUT2D eigenvalue weighted by atomic mass is 16.4. The summed E-state index contributed by atoms with van der Waals surface area (Å²) in [5.74, 6) is -1.76. The van der Waals surface area contributed by atoms with Gasteiger partial charge in [-0.15, -0.1) is 0 Å². The highest BCUT2D eigenvalue weighted by Gasteiger charge is 2.55. The Kier molecular flexibility index (Phi) is 3.36. The molecule has 0 unspecified atom stereocenters. The molecule has 0 saturated heterocycles. The molecule has 90 valence electrons. The second kappa shape index (κ2) is 4.24. The first-order valence-corrected chi connectivity index (χ1v) is 4.38. The first-order chi connectivity index (χ1) is 7.34. The van der Waals surface area contributed by atoms with E-state index in [1.165, 1.54) is 0 Å². The van der Waals surface area contributed by atoms with Crippen molar-refractivity contribution in [2.45, 2.75) is 36.4 Å². The van der Waals surface area contributed by atoms with Crippen LogP contribution in [-0.2, 0) is 4.79 Å². The summed E-state index contributed by atoms with van der Waals surface area (Å²) in [7, 11) is 0. The minimum atomic E-state index is -2.64. The highest BCUT2D eigenvalue weighted by molar-refractivity contribution is 5.78. The molecule has 1 saturated carbocycles. The standard InChI is InChI=1S/C7H11N3O6/c8-10-9-3-4(12)2(11)1-7(16,5(3)13)6(14)15/h2-5,11-13,16H,1H2,(H,14,15)/t2-,3-,4-,5+,7+/m1/s1. The van der Waals surface area contributed by atoms with E-state index in [4.69, 9.17) is 10.6 Å². The third-order valence-electron chi connectivity index (χ3n) is 2.63. The molecule has 1 aliphatic rings. The maximum Gasteiger partial charge on any atom is 0.338 e. The summed E-state index contributed by atoms with van der Waals surface area (Å²) in [6, 6.07) is -1.62. The molecule has 0 amide bonds. The minimum Gasteiger partial charge on any atom is -0.479 e. The van der Waals surface area contributed by atoms with E-state index in [1.807, 2.05) is 0 Å². The lowest BCUT2D eigenvalue weighted by molar-refractivity contribution is -0.200. The number of aliphatic hydroxyl groups is 4. The Morgan fingerprint density at radius 1 is 1.44 bits per heavy atom. The van der Waals surface area contributed by atoms with Gasteiger partial charge in [0.15, 0.2) is 5.60 Å². The van der Waals surface area contributed by atoms with Gasteiger partial charge >= 0.3 is 5.97 Å². The maximum atomic E-state index is 10.8. The molecule has 0 aromatic heterocycles. The van der Waals surface area contributed by atoms with Crippen molar-refractivity contribution >= 4 is 5.97 Å². The van der Waals surface area contributed by atoms with E-state index in [2.05, 4.69) is 10.0 Å². The second-order valence-electron chi connectivity index (χ2n) is 3.63. The van der Waals surface area contributed by atoms with Crippen LogP contribution >= 0.6 is 0 Å². The van der Waals surface area contributed by atoms with E-state index < -0.39 is 42.3 Å². The maximum absolute atomic E-state index is 10.8. The fourth-order valence-electron chi connectivity index (χ4n) is 1.66. The molecule has 1 aliphatic carbocycles. The Labute approximate surface area is 89.2 Å². The molecule has 0 aromatic rings. The van der Waals surface area contributed by atoms with Crippen molar-refractivity contribution in [1.29, 1.82) is 0 Å². The van der Waals surface area contributed by atoms with Crippen molar-refractivity contribution < 1.29 is 30.3 Å². The third-order valence-corrected chi connectivity index (χ3v) is 2.63. The summed E-state index contributed by atoms with van der Waals surface area (Å²) in [6.07, 6.45) is -5.95. The Morgan fingerprint density at radius 2 is 2.00 bits per heavy atom. The fraction of sp³-hybridized carbons (Fsp3) is 0.857. The van der Waals surface area contributed by atoms with Crippen LogP contribution < -0.4 is 0 Å². The van der Waals surface area contributed by atoms with Gasteiger partial charge in [0.1, 0.15) is 6.10 Å². The molecule has 0 bridgehead atoms. The SMILES string of the molecule is [N-]=[N+]=N[C@@H]1[C@H](O)[C@H](O)C[C@@](O)(C(=O)O)[C@H]1O. The van der Waals surface area contributed by atoms with E-state index >= 15 is 0 Å². The van der Waals surface area contributed by atoms with Crippen molar-refractivity contribution in [3.63, 3.8) is 0 Å². The van der Waals surface area contributed by atoms with Gasteiger partial charge in [0.25, 0.3) is 0 Å². The Balaban J connectivity index is 3.11. The van der Waals surface area contributed by atoms with Crippen LogP contribution in [0.5, 0.6) is 0 Å². The molecule has 5 atom stereocenters. The molecule has 1 rings (SSSR count). The zero-order chi connectivity index (χ0) is 12.5. The Morgan fingerprint density at radius 3 is 2.44 bits per heavy atom. The van der Waals surface area contributed by atoms with E-state index in [-0.39, 0.29) is 0 Å². The zero-order valence-electron chi connectivity index (χ0n) is 8.00.